The number of nitrogens with zero attached hydrogens (tertiary/aromatic N) is 1. The molecule has 5 heteroatoms. The van der Waals surface area contributed by atoms with E-state index in [1.807, 2.05) is 18.2 Å². The minimum atomic E-state index is 0.270. The highest BCUT2D eigenvalue weighted by molar-refractivity contribution is 5.61. The molecule has 0 bridgehead atoms. The van der Waals surface area contributed by atoms with Crippen LogP contribution in [0.15, 0.2) is 28.9 Å². The van der Waals surface area contributed by atoms with E-state index in [4.69, 9.17) is 13.9 Å². The van der Waals surface area contributed by atoms with Crippen LogP contribution < -0.4 is 14.8 Å². The van der Waals surface area contributed by atoms with Crippen molar-refractivity contribution in [1.29, 1.82) is 0 Å². The van der Waals surface area contributed by atoms with Gasteiger partial charge in [0.05, 0.1) is 0 Å². The Balaban J connectivity index is 2.00. The van der Waals surface area contributed by atoms with Crippen LogP contribution in [0.1, 0.15) is 0 Å². The molecule has 0 unspecified atom stereocenters. The number of nitrogens with one attached hydrogen (secondary N) is 1. The van der Waals surface area contributed by atoms with Crippen LogP contribution in [0.4, 0.5) is 5.82 Å². The monoisotopic (exact) mass is 218 g/mol. The lowest BCUT2D eigenvalue weighted by Crippen LogP contribution is -1.92. The van der Waals surface area contributed by atoms with Crippen molar-refractivity contribution in [3.05, 3.63) is 24.5 Å². The molecule has 16 heavy (non-hydrogen) atoms. The van der Waals surface area contributed by atoms with E-state index in [2.05, 4.69) is 10.3 Å². The van der Waals surface area contributed by atoms with E-state index in [0.717, 1.165) is 17.1 Å². The smallest absolute Gasteiger partial charge is 0.231 e. The highest BCUT2D eigenvalue weighted by Crippen LogP contribution is 2.35. The number of aromatic nitrogens is 1. The molecule has 0 fully saturated rings. The zero-order valence-electron chi connectivity index (χ0n) is 8.69. The van der Waals surface area contributed by atoms with Gasteiger partial charge in [0.25, 0.3) is 0 Å². The van der Waals surface area contributed by atoms with Gasteiger partial charge in [0.15, 0.2) is 17.3 Å². The van der Waals surface area contributed by atoms with Gasteiger partial charge in [-0.2, -0.15) is 4.98 Å². The first-order chi connectivity index (χ1) is 7.86. The minimum absolute atomic E-state index is 0.270. The molecular weight excluding hydrogens is 208 g/mol. The van der Waals surface area contributed by atoms with Gasteiger partial charge in [0, 0.05) is 12.6 Å². The third-order valence-electron chi connectivity index (χ3n) is 2.38. The summed E-state index contributed by atoms with van der Waals surface area (Å²) in [5.74, 6) is 2.74. The van der Waals surface area contributed by atoms with Crippen molar-refractivity contribution < 1.29 is 13.9 Å². The lowest BCUT2D eigenvalue weighted by atomic mass is 10.2. The molecule has 0 amide bonds. The maximum atomic E-state index is 5.33. The second-order valence-corrected chi connectivity index (χ2v) is 3.36. The first-order valence-electron chi connectivity index (χ1n) is 4.90. The van der Waals surface area contributed by atoms with Gasteiger partial charge < -0.3 is 19.2 Å². The van der Waals surface area contributed by atoms with Crippen LogP contribution >= 0.6 is 0 Å². The van der Waals surface area contributed by atoms with Gasteiger partial charge in [-0.25, -0.2) is 0 Å². The van der Waals surface area contributed by atoms with E-state index in [1.165, 1.54) is 0 Å². The fraction of sp³-hybridized carbons (Fsp3) is 0.182. The second-order valence-electron chi connectivity index (χ2n) is 3.36. The van der Waals surface area contributed by atoms with Crippen molar-refractivity contribution >= 4 is 5.82 Å². The van der Waals surface area contributed by atoms with Gasteiger partial charge in [-0.3, -0.25) is 0 Å². The quantitative estimate of drug-likeness (QED) is 0.836. The molecule has 82 valence electrons. The van der Waals surface area contributed by atoms with Crippen LogP contribution in [-0.4, -0.2) is 18.8 Å². The van der Waals surface area contributed by atoms with Crippen LogP contribution in [0.3, 0.4) is 0 Å². The Kier molecular flexibility index (Phi) is 1.96. The zero-order chi connectivity index (χ0) is 11.0. The Morgan fingerprint density at radius 2 is 2.12 bits per heavy atom. The van der Waals surface area contributed by atoms with E-state index < -0.39 is 0 Å². The molecule has 0 spiro atoms. The molecule has 0 saturated carbocycles. The van der Waals surface area contributed by atoms with E-state index in [9.17, 15) is 0 Å². The van der Waals surface area contributed by atoms with Crippen molar-refractivity contribution in [1.82, 2.24) is 4.98 Å². The Bertz CT molecular complexity index is 522. The number of fused-ring (bicyclic) bond motifs is 1. The third-order valence-corrected chi connectivity index (χ3v) is 2.38. The van der Waals surface area contributed by atoms with E-state index in [0.29, 0.717) is 11.7 Å². The fourth-order valence-electron chi connectivity index (χ4n) is 1.55. The van der Waals surface area contributed by atoms with Crippen molar-refractivity contribution in [3.63, 3.8) is 0 Å². The second kappa shape index (κ2) is 3.44. The molecule has 2 heterocycles. The van der Waals surface area contributed by atoms with Crippen LogP contribution in [0.25, 0.3) is 11.5 Å². The Morgan fingerprint density at radius 1 is 1.25 bits per heavy atom. The van der Waals surface area contributed by atoms with Gasteiger partial charge in [0.1, 0.15) is 6.26 Å². The predicted molar refractivity (Wildman–Crippen MR) is 57.6 cm³/mol. The van der Waals surface area contributed by atoms with Gasteiger partial charge in [-0.1, -0.05) is 0 Å². The van der Waals surface area contributed by atoms with Gasteiger partial charge in [-0.15, -0.1) is 0 Å². The minimum Gasteiger partial charge on any atom is -0.454 e. The molecule has 0 saturated heterocycles. The summed E-state index contributed by atoms with van der Waals surface area (Å²) < 4.78 is 15.8. The normalized spacial score (nSPS) is 12.8. The van der Waals surface area contributed by atoms with Crippen molar-refractivity contribution in [3.8, 4) is 23.0 Å². The molecular formula is C11H10N2O3. The summed E-state index contributed by atoms with van der Waals surface area (Å²) in [6.45, 7) is 0.270. The summed E-state index contributed by atoms with van der Waals surface area (Å²) in [4.78, 5) is 4.25. The third kappa shape index (κ3) is 1.37. The highest BCUT2D eigenvalue weighted by Gasteiger charge is 2.15. The number of hydrogen-bond donors (Lipinski definition) is 1. The first-order valence-corrected chi connectivity index (χ1v) is 4.90. The molecule has 1 aromatic heterocycles. The van der Waals surface area contributed by atoms with E-state index >= 15 is 0 Å². The summed E-state index contributed by atoms with van der Waals surface area (Å²) in [6, 6.07) is 5.59. The van der Waals surface area contributed by atoms with Gasteiger partial charge in [0.2, 0.25) is 12.7 Å². The number of benzene rings is 1. The summed E-state index contributed by atoms with van der Waals surface area (Å²) >= 11 is 0. The Labute approximate surface area is 92.0 Å². The molecule has 3 rings (SSSR count). The van der Waals surface area contributed by atoms with Crippen LogP contribution in [0.2, 0.25) is 0 Å². The molecule has 0 radical (unpaired) electrons. The molecule has 1 aliphatic heterocycles. The Morgan fingerprint density at radius 3 is 2.94 bits per heavy atom. The predicted octanol–water partition coefficient (Wildman–Crippen LogP) is 2.11. The lowest BCUT2D eigenvalue weighted by Gasteiger charge is -1.98. The highest BCUT2D eigenvalue weighted by atomic mass is 16.7. The summed E-state index contributed by atoms with van der Waals surface area (Å²) in [5, 5.41) is 2.91. The summed E-state index contributed by atoms with van der Waals surface area (Å²) in [6.07, 6.45) is 1.57. The van der Waals surface area contributed by atoms with Gasteiger partial charge in [-0.05, 0) is 18.2 Å². The summed E-state index contributed by atoms with van der Waals surface area (Å²) in [5.41, 5.74) is 0.866. The number of rotatable bonds is 2. The SMILES string of the molecule is CNc1coc(-c2ccc3c(c2)OCO3)n1. The molecule has 1 aliphatic rings. The van der Waals surface area contributed by atoms with Crippen LogP contribution in [0.5, 0.6) is 11.5 Å². The number of hydrogen-bond acceptors (Lipinski definition) is 5. The average Bonchev–Trinajstić information content (AvgIpc) is 2.96. The topological polar surface area (TPSA) is 56.5 Å². The van der Waals surface area contributed by atoms with Crippen molar-refractivity contribution in [2.75, 3.05) is 19.2 Å². The fourth-order valence-corrected chi connectivity index (χ4v) is 1.55. The average molecular weight is 218 g/mol. The van der Waals surface area contributed by atoms with Crippen molar-refractivity contribution in [2.45, 2.75) is 0 Å². The lowest BCUT2D eigenvalue weighted by molar-refractivity contribution is 0.174. The maximum absolute atomic E-state index is 5.33. The molecule has 5 nitrogen and oxygen atoms in total. The Hall–Kier alpha value is -2.17. The first kappa shape index (κ1) is 9.08. The van der Waals surface area contributed by atoms with Crippen LogP contribution in [-0.2, 0) is 0 Å². The van der Waals surface area contributed by atoms with Crippen LogP contribution in [0, 0.1) is 0 Å². The van der Waals surface area contributed by atoms with Gasteiger partial charge >= 0.3 is 0 Å². The van der Waals surface area contributed by atoms with E-state index in [-0.39, 0.29) is 6.79 Å². The van der Waals surface area contributed by atoms with E-state index in [1.54, 1.807) is 13.3 Å². The number of ether oxygens (including phenoxy) is 2. The molecule has 2 aromatic rings. The molecule has 0 aliphatic carbocycles. The maximum Gasteiger partial charge on any atom is 0.231 e. The van der Waals surface area contributed by atoms with Crippen molar-refractivity contribution in [2.24, 2.45) is 0 Å². The number of oxazole rings is 1. The largest absolute Gasteiger partial charge is 0.454 e. The molecule has 0 atom stereocenters. The summed E-state index contributed by atoms with van der Waals surface area (Å²) in [7, 11) is 1.79. The zero-order valence-corrected chi connectivity index (χ0v) is 8.69. The molecule has 1 aromatic carbocycles. The number of anilines is 1. The standard InChI is InChI=1S/C11H10N2O3/c1-12-10-5-14-11(13-10)7-2-3-8-9(4-7)16-6-15-8/h2-5,12H,6H2,1H3. The molecule has 1 N–H and O–H groups in total.